The van der Waals surface area contributed by atoms with E-state index in [0.29, 0.717) is 13.2 Å². The summed E-state index contributed by atoms with van der Waals surface area (Å²) in [4.78, 5) is 2.40. The molecule has 25 heavy (non-hydrogen) atoms. The van der Waals surface area contributed by atoms with Gasteiger partial charge in [0.25, 0.3) is 0 Å². The molecule has 0 aliphatic carbocycles. The number of ether oxygens (including phenoxy) is 3. The third-order valence-corrected chi connectivity index (χ3v) is 4.32. The van der Waals surface area contributed by atoms with Crippen LogP contribution in [0.1, 0.15) is 5.56 Å². The predicted octanol–water partition coefficient (Wildman–Crippen LogP) is 1.56. The fourth-order valence-electron chi connectivity index (χ4n) is 3.11. The van der Waals surface area contributed by atoms with E-state index < -0.39 is 0 Å². The van der Waals surface area contributed by atoms with Crippen LogP contribution in [-0.2, 0) is 11.3 Å². The first-order chi connectivity index (χ1) is 12.4. The first-order valence-electron chi connectivity index (χ1n) is 8.61. The van der Waals surface area contributed by atoms with Crippen LogP contribution in [-0.4, -0.2) is 60.7 Å². The lowest BCUT2D eigenvalue weighted by molar-refractivity contribution is -0.0241. The third kappa shape index (κ3) is 4.18. The van der Waals surface area contributed by atoms with E-state index in [-0.39, 0.29) is 6.10 Å². The number of fused-ring (bicyclic) bond motifs is 1. The van der Waals surface area contributed by atoms with Crippen molar-refractivity contribution >= 4 is 5.82 Å². The largest absolute Gasteiger partial charge is 0.486 e. The van der Waals surface area contributed by atoms with Crippen LogP contribution in [0.2, 0.25) is 0 Å². The standard InChI is InChI=1S/C18H22N4O3/c1-2-18(21-20-5-1)19-11-15-13-22(6-7-23-15)12-14-3-4-16-17(10-14)25-9-8-24-16/h1-5,10,15H,6-9,11-13H2,(H,19,21)/t15-/m1/s1. The molecule has 1 atom stereocenters. The molecule has 0 radical (unpaired) electrons. The molecule has 0 saturated carbocycles. The maximum Gasteiger partial charge on any atom is 0.161 e. The van der Waals surface area contributed by atoms with Gasteiger partial charge >= 0.3 is 0 Å². The van der Waals surface area contributed by atoms with Gasteiger partial charge in [0, 0.05) is 32.4 Å². The maximum atomic E-state index is 5.86. The zero-order valence-electron chi connectivity index (χ0n) is 14.1. The topological polar surface area (TPSA) is 68.7 Å². The lowest BCUT2D eigenvalue weighted by Crippen LogP contribution is -2.44. The summed E-state index contributed by atoms with van der Waals surface area (Å²) in [7, 11) is 0. The Bertz CT molecular complexity index is 698. The highest BCUT2D eigenvalue weighted by atomic mass is 16.6. The molecule has 3 heterocycles. The summed E-state index contributed by atoms with van der Waals surface area (Å²) in [5.74, 6) is 2.45. The summed E-state index contributed by atoms with van der Waals surface area (Å²) >= 11 is 0. The number of hydrogen-bond donors (Lipinski definition) is 1. The third-order valence-electron chi connectivity index (χ3n) is 4.32. The molecule has 1 aromatic carbocycles. The Labute approximate surface area is 146 Å². The molecular weight excluding hydrogens is 320 g/mol. The summed E-state index contributed by atoms with van der Waals surface area (Å²) in [5.41, 5.74) is 1.23. The molecule has 2 aliphatic heterocycles. The van der Waals surface area contributed by atoms with Crippen molar-refractivity contribution < 1.29 is 14.2 Å². The van der Waals surface area contributed by atoms with E-state index in [1.807, 2.05) is 18.2 Å². The predicted molar refractivity (Wildman–Crippen MR) is 93.0 cm³/mol. The van der Waals surface area contributed by atoms with Crippen LogP contribution in [0, 0.1) is 0 Å². The van der Waals surface area contributed by atoms with E-state index in [1.165, 1.54) is 5.56 Å². The van der Waals surface area contributed by atoms with Crippen molar-refractivity contribution in [2.24, 2.45) is 0 Å². The van der Waals surface area contributed by atoms with Crippen molar-refractivity contribution in [3.63, 3.8) is 0 Å². The number of hydrogen-bond acceptors (Lipinski definition) is 7. The van der Waals surface area contributed by atoms with Gasteiger partial charge in [-0.3, -0.25) is 4.90 Å². The molecule has 0 spiro atoms. The second kappa shape index (κ2) is 7.67. The average Bonchev–Trinajstić information content (AvgIpc) is 2.67. The summed E-state index contributed by atoms with van der Waals surface area (Å²) in [5, 5.41) is 11.2. The lowest BCUT2D eigenvalue weighted by atomic mass is 10.1. The number of nitrogens with zero attached hydrogens (tertiary/aromatic N) is 3. The molecular formula is C18H22N4O3. The molecule has 1 saturated heterocycles. The van der Waals surface area contributed by atoms with Crippen molar-refractivity contribution in [2.75, 3.05) is 44.8 Å². The first-order valence-corrected chi connectivity index (χ1v) is 8.61. The van der Waals surface area contributed by atoms with Crippen LogP contribution in [0.5, 0.6) is 11.5 Å². The van der Waals surface area contributed by atoms with Gasteiger partial charge in [-0.2, -0.15) is 5.10 Å². The second-order valence-electron chi connectivity index (χ2n) is 6.20. The molecule has 1 fully saturated rings. The number of rotatable bonds is 5. The summed E-state index contributed by atoms with van der Waals surface area (Å²) in [6.45, 7) is 5.37. The van der Waals surface area contributed by atoms with E-state index in [0.717, 1.165) is 50.1 Å². The summed E-state index contributed by atoms with van der Waals surface area (Å²) in [6, 6.07) is 9.96. The fraction of sp³-hybridized carbons (Fsp3) is 0.444. The monoisotopic (exact) mass is 342 g/mol. The Morgan fingerprint density at radius 2 is 2.04 bits per heavy atom. The van der Waals surface area contributed by atoms with Crippen molar-refractivity contribution in [2.45, 2.75) is 12.6 Å². The number of morpholine rings is 1. The first kappa shape index (κ1) is 16.1. The van der Waals surface area contributed by atoms with E-state index >= 15 is 0 Å². The normalized spacial score (nSPS) is 20.2. The molecule has 132 valence electrons. The summed E-state index contributed by atoms with van der Waals surface area (Å²) in [6.07, 6.45) is 1.80. The minimum absolute atomic E-state index is 0.132. The van der Waals surface area contributed by atoms with Crippen molar-refractivity contribution in [1.29, 1.82) is 0 Å². The Kier molecular flexibility index (Phi) is 4.94. The fourth-order valence-corrected chi connectivity index (χ4v) is 3.11. The highest BCUT2D eigenvalue weighted by molar-refractivity contribution is 5.43. The number of anilines is 1. The molecule has 2 aromatic rings. The van der Waals surface area contributed by atoms with Gasteiger partial charge in [-0.1, -0.05) is 6.07 Å². The van der Waals surface area contributed by atoms with Gasteiger partial charge in [-0.15, -0.1) is 5.10 Å². The zero-order chi connectivity index (χ0) is 16.9. The minimum atomic E-state index is 0.132. The second-order valence-corrected chi connectivity index (χ2v) is 6.20. The van der Waals surface area contributed by atoms with Gasteiger partial charge in [-0.25, -0.2) is 0 Å². The maximum absolute atomic E-state index is 5.86. The van der Waals surface area contributed by atoms with Crippen molar-refractivity contribution in [3.8, 4) is 11.5 Å². The lowest BCUT2D eigenvalue weighted by Gasteiger charge is -2.33. The number of aromatic nitrogens is 2. The molecule has 0 bridgehead atoms. The van der Waals surface area contributed by atoms with Gasteiger partial charge in [-0.05, 0) is 29.8 Å². The highest BCUT2D eigenvalue weighted by Gasteiger charge is 2.21. The van der Waals surface area contributed by atoms with E-state index in [1.54, 1.807) is 6.20 Å². The van der Waals surface area contributed by atoms with Gasteiger partial charge in [0.05, 0.1) is 12.7 Å². The quantitative estimate of drug-likeness (QED) is 0.884. The van der Waals surface area contributed by atoms with Crippen LogP contribution in [0.15, 0.2) is 36.5 Å². The van der Waals surface area contributed by atoms with Gasteiger partial charge in [0.2, 0.25) is 0 Å². The SMILES string of the molecule is c1cnnc(NC[C@@H]2CN(Cc3ccc4c(c3)OCCO4)CCO2)c1. The van der Waals surface area contributed by atoms with Crippen molar-refractivity contribution in [3.05, 3.63) is 42.1 Å². The Morgan fingerprint density at radius 1 is 1.12 bits per heavy atom. The minimum Gasteiger partial charge on any atom is -0.486 e. The average molecular weight is 342 g/mol. The molecule has 0 amide bonds. The van der Waals surface area contributed by atoms with Crippen LogP contribution in [0.3, 0.4) is 0 Å². The van der Waals surface area contributed by atoms with E-state index in [9.17, 15) is 0 Å². The molecule has 2 aliphatic rings. The molecule has 7 nitrogen and oxygen atoms in total. The van der Waals surface area contributed by atoms with Gasteiger partial charge < -0.3 is 19.5 Å². The Morgan fingerprint density at radius 3 is 2.92 bits per heavy atom. The van der Waals surface area contributed by atoms with Crippen LogP contribution < -0.4 is 14.8 Å². The Balaban J connectivity index is 1.32. The molecule has 1 N–H and O–H groups in total. The molecule has 7 heteroatoms. The summed E-state index contributed by atoms with van der Waals surface area (Å²) < 4.78 is 17.1. The highest BCUT2D eigenvalue weighted by Crippen LogP contribution is 2.31. The smallest absolute Gasteiger partial charge is 0.161 e. The zero-order valence-corrected chi connectivity index (χ0v) is 14.1. The number of nitrogens with one attached hydrogen (secondary N) is 1. The molecule has 0 unspecified atom stereocenters. The van der Waals surface area contributed by atoms with Gasteiger partial charge in [0.15, 0.2) is 11.5 Å². The van der Waals surface area contributed by atoms with Crippen molar-refractivity contribution in [1.82, 2.24) is 15.1 Å². The van der Waals surface area contributed by atoms with Crippen LogP contribution in [0.4, 0.5) is 5.82 Å². The number of benzene rings is 1. The molecule has 4 rings (SSSR count). The molecule has 1 aromatic heterocycles. The van der Waals surface area contributed by atoms with Crippen LogP contribution in [0.25, 0.3) is 0 Å². The van der Waals surface area contributed by atoms with E-state index in [4.69, 9.17) is 14.2 Å². The van der Waals surface area contributed by atoms with E-state index in [2.05, 4.69) is 32.5 Å². The van der Waals surface area contributed by atoms with Gasteiger partial charge in [0.1, 0.15) is 19.0 Å². The van der Waals surface area contributed by atoms with Crippen LogP contribution >= 0.6 is 0 Å². The Hall–Kier alpha value is -2.38.